The number of hydrogen-bond donors (Lipinski definition) is 2. The van der Waals surface area contributed by atoms with Gasteiger partial charge in [0.1, 0.15) is 17.3 Å². The van der Waals surface area contributed by atoms with Crippen molar-refractivity contribution in [1.82, 2.24) is 0 Å². The predicted molar refractivity (Wildman–Crippen MR) is 59.5 cm³/mol. The van der Waals surface area contributed by atoms with E-state index in [1.165, 1.54) is 0 Å². The van der Waals surface area contributed by atoms with E-state index in [9.17, 15) is 0 Å². The zero-order valence-corrected chi connectivity index (χ0v) is 8.75. The summed E-state index contributed by atoms with van der Waals surface area (Å²) >= 11 is 4.86. The molecule has 0 heterocycles. The summed E-state index contributed by atoms with van der Waals surface area (Å²) in [6.45, 7) is 1.89. The number of aliphatic hydroxyl groups is 1. The molecule has 14 heavy (non-hydrogen) atoms. The molecule has 4 heteroatoms. The molecule has 0 bridgehead atoms. The minimum Gasteiger partial charge on any atom is -0.490 e. The molecule has 0 aliphatic carbocycles. The maximum absolute atomic E-state index is 9.05. The first-order valence-electron chi connectivity index (χ1n) is 4.31. The third kappa shape index (κ3) is 2.97. The molecule has 0 saturated carbocycles. The van der Waals surface area contributed by atoms with Crippen molar-refractivity contribution < 1.29 is 9.84 Å². The van der Waals surface area contributed by atoms with Crippen molar-refractivity contribution in [3.05, 3.63) is 29.8 Å². The molecule has 3 nitrogen and oxygen atoms in total. The molecule has 1 atom stereocenters. The van der Waals surface area contributed by atoms with Gasteiger partial charge in [-0.2, -0.15) is 0 Å². The number of ether oxygens (including phenoxy) is 1. The minimum atomic E-state index is -0.505. The highest BCUT2D eigenvalue weighted by Gasteiger charge is 2.05. The number of aliphatic hydroxyl groups excluding tert-OH is 1. The standard InChI is InChI=1S/C10H13NO2S/c1-7(12)6-13-9-5-3-2-4-8(9)10(11)14/h2-5,7,12H,6H2,1H3,(H2,11,14). The third-order valence-electron chi connectivity index (χ3n) is 1.63. The molecule has 1 aromatic carbocycles. The van der Waals surface area contributed by atoms with Gasteiger partial charge in [-0.1, -0.05) is 24.4 Å². The van der Waals surface area contributed by atoms with Crippen LogP contribution in [0.1, 0.15) is 12.5 Å². The van der Waals surface area contributed by atoms with Gasteiger partial charge >= 0.3 is 0 Å². The van der Waals surface area contributed by atoms with Crippen LogP contribution in [0.3, 0.4) is 0 Å². The molecule has 0 aromatic heterocycles. The lowest BCUT2D eigenvalue weighted by Gasteiger charge is -2.11. The van der Waals surface area contributed by atoms with Crippen molar-refractivity contribution in [2.24, 2.45) is 5.73 Å². The summed E-state index contributed by atoms with van der Waals surface area (Å²) in [6, 6.07) is 7.24. The lowest BCUT2D eigenvalue weighted by Crippen LogP contribution is -2.16. The van der Waals surface area contributed by atoms with Crippen LogP contribution in [-0.4, -0.2) is 22.8 Å². The smallest absolute Gasteiger partial charge is 0.129 e. The highest BCUT2D eigenvalue weighted by molar-refractivity contribution is 7.80. The molecule has 3 N–H and O–H groups in total. The van der Waals surface area contributed by atoms with Crippen LogP contribution < -0.4 is 10.5 Å². The zero-order valence-electron chi connectivity index (χ0n) is 7.93. The Morgan fingerprint density at radius 2 is 2.21 bits per heavy atom. The van der Waals surface area contributed by atoms with Crippen molar-refractivity contribution in [2.45, 2.75) is 13.0 Å². The first kappa shape index (κ1) is 10.9. The van der Waals surface area contributed by atoms with Crippen molar-refractivity contribution in [3.8, 4) is 5.75 Å². The highest BCUT2D eigenvalue weighted by atomic mass is 32.1. The van der Waals surface area contributed by atoms with E-state index in [1.807, 2.05) is 12.1 Å². The fraction of sp³-hybridized carbons (Fsp3) is 0.300. The second-order valence-corrected chi connectivity index (χ2v) is 3.46. The molecule has 0 amide bonds. The van der Waals surface area contributed by atoms with Gasteiger partial charge < -0.3 is 15.6 Å². The van der Waals surface area contributed by atoms with Gasteiger partial charge in [-0.25, -0.2) is 0 Å². The average molecular weight is 211 g/mol. The number of nitrogens with two attached hydrogens (primary N) is 1. The van der Waals surface area contributed by atoms with Gasteiger partial charge in [-0.05, 0) is 19.1 Å². The van der Waals surface area contributed by atoms with Gasteiger partial charge in [0.2, 0.25) is 0 Å². The molecular weight excluding hydrogens is 198 g/mol. The summed E-state index contributed by atoms with van der Waals surface area (Å²) in [6.07, 6.45) is -0.505. The van der Waals surface area contributed by atoms with E-state index in [2.05, 4.69) is 0 Å². The van der Waals surface area contributed by atoms with Gasteiger partial charge in [-0.15, -0.1) is 0 Å². The summed E-state index contributed by atoms with van der Waals surface area (Å²) in [5.41, 5.74) is 6.21. The molecule has 76 valence electrons. The molecule has 0 fully saturated rings. The highest BCUT2D eigenvalue weighted by Crippen LogP contribution is 2.17. The Morgan fingerprint density at radius 1 is 1.57 bits per heavy atom. The van der Waals surface area contributed by atoms with E-state index in [4.69, 9.17) is 27.8 Å². The first-order valence-corrected chi connectivity index (χ1v) is 4.71. The van der Waals surface area contributed by atoms with Crippen LogP contribution in [0.4, 0.5) is 0 Å². The largest absolute Gasteiger partial charge is 0.490 e. The Bertz CT molecular complexity index is 326. The van der Waals surface area contributed by atoms with Crippen molar-refractivity contribution in [3.63, 3.8) is 0 Å². The average Bonchev–Trinajstić information content (AvgIpc) is 2.15. The van der Waals surface area contributed by atoms with E-state index in [1.54, 1.807) is 19.1 Å². The van der Waals surface area contributed by atoms with Crippen molar-refractivity contribution >= 4 is 17.2 Å². The van der Waals surface area contributed by atoms with Crippen LogP contribution in [0.5, 0.6) is 5.75 Å². The molecule has 0 saturated heterocycles. The Hall–Kier alpha value is -1.13. The molecule has 1 rings (SSSR count). The van der Waals surface area contributed by atoms with Gasteiger partial charge in [0.05, 0.1) is 11.7 Å². The summed E-state index contributed by atoms with van der Waals surface area (Å²) in [5.74, 6) is 0.612. The Labute approximate surface area is 88.5 Å². The van der Waals surface area contributed by atoms with Gasteiger partial charge in [-0.3, -0.25) is 0 Å². The molecule has 0 spiro atoms. The molecule has 0 aliphatic rings. The summed E-state index contributed by atoms with van der Waals surface area (Å²) in [5, 5.41) is 9.05. The topological polar surface area (TPSA) is 55.5 Å². The van der Waals surface area contributed by atoms with E-state index in [-0.39, 0.29) is 6.61 Å². The van der Waals surface area contributed by atoms with E-state index in [0.717, 1.165) is 0 Å². The molecule has 0 radical (unpaired) electrons. The van der Waals surface area contributed by atoms with E-state index in [0.29, 0.717) is 16.3 Å². The third-order valence-corrected chi connectivity index (χ3v) is 1.85. The normalized spacial score (nSPS) is 12.1. The van der Waals surface area contributed by atoms with Crippen molar-refractivity contribution in [1.29, 1.82) is 0 Å². The zero-order chi connectivity index (χ0) is 10.6. The number of para-hydroxylation sites is 1. The van der Waals surface area contributed by atoms with Gasteiger partial charge in [0.25, 0.3) is 0 Å². The first-order chi connectivity index (χ1) is 6.61. The maximum Gasteiger partial charge on any atom is 0.129 e. The maximum atomic E-state index is 9.05. The summed E-state index contributed by atoms with van der Waals surface area (Å²) in [7, 11) is 0. The SMILES string of the molecule is CC(O)COc1ccccc1C(N)=S. The Balaban J connectivity index is 2.79. The van der Waals surface area contributed by atoms with Gasteiger partial charge in [0, 0.05) is 0 Å². The van der Waals surface area contributed by atoms with Crippen LogP contribution in [0.25, 0.3) is 0 Å². The fourth-order valence-corrected chi connectivity index (χ4v) is 1.18. The van der Waals surface area contributed by atoms with Gasteiger partial charge in [0.15, 0.2) is 0 Å². The number of rotatable bonds is 4. The molecule has 0 aliphatic heterocycles. The second-order valence-electron chi connectivity index (χ2n) is 3.02. The fourth-order valence-electron chi connectivity index (χ4n) is 1.01. The van der Waals surface area contributed by atoms with Crippen LogP contribution in [-0.2, 0) is 0 Å². The number of benzene rings is 1. The lowest BCUT2D eigenvalue weighted by atomic mass is 10.2. The second kappa shape index (κ2) is 4.93. The van der Waals surface area contributed by atoms with Crippen LogP contribution in [0, 0.1) is 0 Å². The predicted octanol–water partition coefficient (Wildman–Crippen LogP) is 1.08. The van der Waals surface area contributed by atoms with E-state index < -0.39 is 6.10 Å². The quantitative estimate of drug-likeness (QED) is 0.732. The Kier molecular flexibility index (Phi) is 3.85. The monoisotopic (exact) mass is 211 g/mol. The minimum absolute atomic E-state index is 0.236. The Morgan fingerprint density at radius 3 is 2.79 bits per heavy atom. The van der Waals surface area contributed by atoms with Crippen LogP contribution in [0.2, 0.25) is 0 Å². The number of hydrogen-bond acceptors (Lipinski definition) is 3. The van der Waals surface area contributed by atoms with Crippen LogP contribution >= 0.6 is 12.2 Å². The molecule has 1 unspecified atom stereocenters. The van der Waals surface area contributed by atoms with Crippen molar-refractivity contribution in [2.75, 3.05) is 6.61 Å². The van der Waals surface area contributed by atoms with E-state index >= 15 is 0 Å². The lowest BCUT2D eigenvalue weighted by molar-refractivity contribution is 0.122. The van der Waals surface area contributed by atoms with Crippen LogP contribution in [0.15, 0.2) is 24.3 Å². The number of thiocarbonyl (C=S) groups is 1. The summed E-state index contributed by atoms with van der Waals surface area (Å²) < 4.78 is 5.34. The molecule has 1 aromatic rings. The summed E-state index contributed by atoms with van der Waals surface area (Å²) in [4.78, 5) is 0.297. The molecular formula is C10H13NO2S.